The Hall–Kier alpha value is -3.24. The first-order valence-corrected chi connectivity index (χ1v) is 12.4. The van der Waals surface area contributed by atoms with Gasteiger partial charge in [-0.3, -0.25) is 10.4 Å². The highest BCUT2D eigenvalue weighted by Crippen LogP contribution is 2.26. The van der Waals surface area contributed by atoms with Crippen LogP contribution in [0.4, 0.5) is 17.1 Å². The van der Waals surface area contributed by atoms with Crippen LogP contribution in [-0.2, 0) is 4.74 Å². The number of thioether (sulfide) groups is 1. The van der Waals surface area contributed by atoms with Gasteiger partial charge in [0.05, 0.1) is 0 Å². The Bertz CT molecular complexity index is 1150. The topological polar surface area (TPSA) is 115 Å². The van der Waals surface area contributed by atoms with Crippen LogP contribution in [0.3, 0.4) is 0 Å². The smallest absolute Gasteiger partial charge is 0.290 e. The van der Waals surface area contributed by atoms with E-state index in [4.69, 9.17) is 14.9 Å². The molecular weight excluding hydrogens is 450 g/mol. The van der Waals surface area contributed by atoms with E-state index in [9.17, 15) is 0 Å². The normalized spacial score (nSPS) is 20.8. The van der Waals surface area contributed by atoms with Gasteiger partial charge in [0.25, 0.3) is 6.02 Å². The molecule has 1 fully saturated rings. The van der Waals surface area contributed by atoms with Crippen molar-refractivity contribution < 1.29 is 9.47 Å². The lowest BCUT2D eigenvalue weighted by atomic mass is 10.1. The van der Waals surface area contributed by atoms with E-state index in [0.29, 0.717) is 12.6 Å². The summed E-state index contributed by atoms with van der Waals surface area (Å²) in [5, 5.41) is 22.7. The number of ether oxygens (including phenoxy) is 2. The van der Waals surface area contributed by atoms with Crippen molar-refractivity contribution in [2.75, 3.05) is 55.0 Å². The van der Waals surface area contributed by atoms with Gasteiger partial charge in [-0.15, -0.1) is 11.8 Å². The number of hydrogen-bond acceptors (Lipinski definition) is 9. The van der Waals surface area contributed by atoms with Gasteiger partial charge in [0.1, 0.15) is 35.4 Å². The van der Waals surface area contributed by atoms with Crippen molar-refractivity contribution in [3.63, 3.8) is 0 Å². The molecule has 34 heavy (non-hydrogen) atoms. The summed E-state index contributed by atoms with van der Waals surface area (Å²) >= 11 is 1.75. The van der Waals surface area contributed by atoms with Gasteiger partial charge < -0.3 is 30.7 Å². The highest BCUT2D eigenvalue weighted by Gasteiger charge is 2.35. The predicted molar refractivity (Wildman–Crippen MR) is 140 cm³/mol. The van der Waals surface area contributed by atoms with Crippen LogP contribution in [0.15, 0.2) is 46.4 Å². The number of hydrogen-bond donors (Lipinski definition) is 5. The Labute approximate surface area is 203 Å². The minimum Gasteiger partial charge on any atom is -0.486 e. The second-order valence-corrected chi connectivity index (χ2v) is 9.51. The number of fused-ring (bicyclic) bond motifs is 1. The van der Waals surface area contributed by atoms with Gasteiger partial charge in [-0.25, -0.2) is 4.99 Å². The minimum atomic E-state index is 0.0959. The van der Waals surface area contributed by atoms with E-state index in [-0.39, 0.29) is 18.0 Å². The maximum Gasteiger partial charge on any atom is 0.290 e. The van der Waals surface area contributed by atoms with Crippen LogP contribution in [0.25, 0.3) is 0 Å². The zero-order chi connectivity index (χ0) is 23.5. The Kier molecular flexibility index (Phi) is 6.59. The first-order chi connectivity index (χ1) is 16.6. The molecule has 2 unspecified atom stereocenters. The number of nitrogens with zero attached hydrogens (tertiary/aromatic N) is 2. The third kappa shape index (κ3) is 4.97. The van der Waals surface area contributed by atoms with Gasteiger partial charge >= 0.3 is 0 Å². The van der Waals surface area contributed by atoms with E-state index in [1.165, 1.54) is 0 Å². The van der Waals surface area contributed by atoms with Gasteiger partial charge in [-0.2, -0.15) is 0 Å². The second kappa shape index (κ2) is 9.94. The van der Waals surface area contributed by atoms with E-state index < -0.39 is 0 Å². The SMILES string of the molecule is CNc1ccc(NC2=NC3CNCC3O2)cc1C(=N)Nc1ccc(OCC2=NCCS2)c(C)c1. The van der Waals surface area contributed by atoms with Gasteiger partial charge in [-0.1, -0.05) is 0 Å². The third-order valence-corrected chi connectivity index (χ3v) is 6.89. The zero-order valence-corrected chi connectivity index (χ0v) is 20.1. The van der Waals surface area contributed by atoms with Crippen LogP contribution in [0, 0.1) is 12.3 Å². The molecule has 5 rings (SSSR count). The van der Waals surface area contributed by atoms with Crippen molar-refractivity contribution in [3.8, 4) is 5.75 Å². The van der Waals surface area contributed by atoms with Gasteiger partial charge in [-0.05, 0) is 48.9 Å². The molecule has 0 amide bonds. The fraction of sp³-hybridized carbons (Fsp3) is 0.375. The van der Waals surface area contributed by atoms with Crippen LogP contribution < -0.4 is 26.0 Å². The molecule has 1 saturated heterocycles. The summed E-state index contributed by atoms with van der Waals surface area (Å²) in [6.45, 7) is 5.04. The molecule has 9 nitrogen and oxygen atoms in total. The monoisotopic (exact) mass is 479 g/mol. The molecule has 3 aliphatic heterocycles. The van der Waals surface area contributed by atoms with Crippen molar-refractivity contribution in [1.82, 2.24) is 5.32 Å². The maximum atomic E-state index is 8.72. The first kappa shape index (κ1) is 22.5. The van der Waals surface area contributed by atoms with E-state index in [2.05, 4.69) is 31.3 Å². The Morgan fingerprint density at radius 3 is 2.88 bits per heavy atom. The van der Waals surface area contributed by atoms with Gasteiger partial charge in [0.2, 0.25) is 0 Å². The largest absolute Gasteiger partial charge is 0.486 e. The molecule has 0 spiro atoms. The number of benzene rings is 2. The lowest BCUT2D eigenvalue weighted by Crippen LogP contribution is -2.23. The van der Waals surface area contributed by atoms with Crippen molar-refractivity contribution in [2.24, 2.45) is 9.98 Å². The summed E-state index contributed by atoms with van der Waals surface area (Å²) in [7, 11) is 1.85. The fourth-order valence-electron chi connectivity index (χ4n) is 4.15. The molecule has 0 radical (unpaired) electrons. The lowest BCUT2D eigenvalue weighted by Gasteiger charge is -2.16. The summed E-state index contributed by atoms with van der Waals surface area (Å²) in [6, 6.07) is 12.4. The molecule has 2 aromatic carbocycles. The van der Waals surface area contributed by atoms with Crippen LogP contribution in [0.1, 0.15) is 11.1 Å². The van der Waals surface area contributed by atoms with Crippen LogP contribution in [0.2, 0.25) is 0 Å². The summed E-state index contributed by atoms with van der Waals surface area (Å²) < 4.78 is 11.8. The Morgan fingerprint density at radius 2 is 2.12 bits per heavy atom. The quantitative estimate of drug-likeness (QED) is 0.306. The molecule has 5 N–H and O–H groups in total. The highest BCUT2D eigenvalue weighted by atomic mass is 32.2. The molecule has 10 heteroatoms. The van der Waals surface area contributed by atoms with Gasteiger partial charge in [0.15, 0.2) is 0 Å². The molecule has 0 aliphatic carbocycles. The molecule has 3 heterocycles. The summed E-state index contributed by atoms with van der Waals surface area (Å²) in [5.74, 6) is 2.15. The van der Waals surface area contributed by atoms with Crippen molar-refractivity contribution in [1.29, 1.82) is 5.41 Å². The molecular formula is C24H29N7O2S. The maximum absolute atomic E-state index is 8.72. The van der Waals surface area contributed by atoms with E-state index in [1.54, 1.807) is 11.8 Å². The summed E-state index contributed by atoms with van der Waals surface area (Å²) in [5.41, 5.74) is 4.24. The number of anilines is 3. The lowest BCUT2D eigenvalue weighted by molar-refractivity contribution is 0.224. The zero-order valence-electron chi connectivity index (χ0n) is 19.3. The van der Waals surface area contributed by atoms with Crippen molar-refractivity contribution >= 4 is 45.7 Å². The molecule has 2 atom stereocenters. The van der Waals surface area contributed by atoms with E-state index in [0.717, 1.165) is 64.4 Å². The summed E-state index contributed by atoms with van der Waals surface area (Å²) in [6.07, 6.45) is 0.0959. The van der Waals surface area contributed by atoms with Crippen molar-refractivity contribution in [2.45, 2.75) is 19.1 Å². The Morgan fingerprint density at radius 1 is 1.24 bits per heavy atom. The van der Waals surface area contributed by atoms with Crippen molar-refractivity contribution in [3.05, 3.63) is 47.5 Å². The molecule has 0 saturated carbocycles. The highest BCUT2D eigenvalue weighted by molar-refractivity contribution is 8.14. The number of aliphatic imine (C=N–C) groups is 2. The van der Waals surface area contributed by atoms with Gasteiger partial charge in [0, 0.05) is 55.1 Å². The third-order valence-electron chi connectivity index (χ3n) is 5.93. The van der Waals surface area contributed by atoms with Crippen LogP contribution in [0.5, 0.6) is 5.75 Å². The number of rotatable bonds is 7. The summed E-state index contributed by atoms with van der Waals surface area (Å²) in [4.78, 5) is 9.03. The predicted octanol–water partition coefficient (Wildman–Crippen LogP) is 3.14. The first-order valence-electron chi connectivity index (χ1n) is 11.4. The van der Waals surface area contributed by atoms with Crippen LogP contribution >= 0.6 is 11.8 Å². The molecule has 0 bridgehead atoms. The molecule has 178 valence electrons. The average molecular weight is 480 g/mol. The number of aryl methyl sites for hydroxylation is 1. The Balaban J connectivity index is 1.26. The standard InChI is InChI=1S/C24H29N7O2S/c1-14-9-15(4-6-20(14)32-13-22-28-7-8-34-22)29-23(25)17-10-16(3-5-18(17)26-2)30-24-31-19-11-27-12-21(19)33-24/h3-6,9-10,19,21,26-27H,7-8,11-13H2,1-2H3,(H2,25,29)(H,30,31). The number of amidine groups is 2. The molecule has 3 aliphatic rings. The second-order valence-electron chi connectivity index (χ2n) is 8.34. The fourth-order valence-corrected chi connectivity index (χ4v) is 4.90. The van der Waals surface area contributed by atoms with E-state index >= 15 is 0 Å². The molecule has 0 aromatic heterocycles. The van der Waals surface area contributed by atoms with Crippen LogP contribution in [-0.4, -0.2) is 68.1 Å². The van der Waals surface area contributed by atoms with E-state index in [1.807, 2.05) is 50.4 Å². The number of nitrogens with one attached hydrogen (secondary N) is 5. The molecule has 2 aromatic rings. The minimum absolute atomic E-state index is 0.0959. The average Bonchev–Trinajstić information content (AvgIpc) is 3.57.